The Morgan fingerprint density at radius 2 is 2.00 bits per heavy atom. The summed E-state index contributed by atoms with van der Waals surface area (Å²) in [7, 11) is 1.53. The monoisotopic (exact) mass is 290 g/mol. The number of carbonyl (C=O) groups excluding carboxylic acids is 2. The summed E-state index contributed by atoms with van der Waals surface area (Å²) >= 11 is 0. The summed E-state index contributed by atoms with van der Waals surface area (Å²) in [6.45, 7) is 1.31. The Bertz CT molecular complexity index is 633. The number of esters is 1. The number of hydrogen-bond acceptors (Lipinski definition) is 6. The molecule has 21 heavy (non-hydrogen) atoms. The first-order chi connectivity index (χ1) is 10.1. The van der Waals surface area contributed by atoms with E-state index in [1.54, 1.807) is 37.3 Å². The number of methoxy groups -OCH3 is 1. The van der Waals surface area contributed by atoms with Crippen LogP contribution in [0.5, 0.6) is 5.75 Å². The van der Waals surface area contributed by atoms with Crippen LogP contribution in [0, 0.1) is 6.92 Å². The van der Waals surface area contributed by atoms with Crippen LogP contribution in [0.4, 0.5) is 5.88 Å². The number of aromatic nitrogens is 1. The highest BCUT2D eigenvalue weighted by Gasteiger charge is 2.12. The number of amides is 1. The lowest BCUT2D eigenvalue weighted by molar-refractivity contribution is -0.119. The van der Waals surface area contributed by atoms with Gasteiger partial charge in [-0.25, -0.2) is 4.79 Å². The van der Waals surface area contributed by atoms with E-state index in [1.165, 1.54) is 7.11 Å². The normalized spacial score (nSPS) is 10.0. The van der Waals surface area contributed by atoms with E-state index < -0.39 is 18.5 Å². The highest BCUT2D eigenvalue weighted by Crippen LogP contribution is 2.12. The van der Waals surface area contributed by atoms with Gasteiger partial charge in [-0.15, -0.1) is 0 Å². The quantitative estimate of drug-likeness (QED) is 0.844. The standard InChI is InChI=1S/C14H14N2O5/c1-9-7-13(21-16-9)15-12(17)8-20-14(18)10-3-5-11(19-2)6-4-10/h3-7H,8H2,1-2H3,(H,15,17). The summed E-state index contributed by atoms with van der Waals surface area (Å²) in [6, 6.07) is 7.93. The van der Waals surface area contributed by atoms with Crippen LogP contribution in [0.15, 0.2) is 34.9 Å². The Morgan fingerprint density at radius 1 is 1.29 bits per heavy atom. The van der Waals surface area contributed by atoms with Gasteiger partial charge in [-0.2, -0.15) is 0 Å². The summed E-state index contributed by atoms with van der Waals surface area (Å²) in [5.74, 6) is -0.266. The topological polar surface area (TPSA) is 90.7 Å². The molecule has 0 aliphatic heterocycles. The highest BCUT2D eigenvalue weighted by molar-refractivity contribution is 5.94. The second-order valence-electron chi connectivity index (χ2n) is 4.19. The van der Waals surface area contributed by atoms with Gasteiger partial charge in [0.1, 0.15) is 5.75 Å². The minimum atomic E-state index is -0.596. The SMILES string of the molecule is COc1ccc(C(=O)OCC(=O)Nc2cc(C)no2)cc1. The molecule has 7 nitrogen and oxygen atoms in total. The molecule has 0 spiro atoms. The minimum Gasteiger partial charge on any atom is -0.497 e. The molecule has 0 saturated heterocycles. The summed E-state index contributed by atoms with van der Waals surface area (Å²) in [6.07, 6.45) is 0. The van der Waals surface area contributed by atoms with Crippen LogP contribution in [-0.4, -0.2) is 30.7 Å². The first kappa shape index (κ1) is 14.6. The molecule has 0 fully saturated rings. The van der Waals surface area contributed by atoms with E-state index in [0.717, 1.165) is 0 Å². The molecule has 1 aromatic carbocycles. The van der Waals surface area contributed by atoms with E-state index in [4.69, 9.17) is 14.0 Å². The van der Waals surface area contributed by atoms with Crippen molar-refractivity contribution in [2.24, 2.45) is 0 Å². The zero-order valence-corrected chi connectivity index (χ0v) is 11.6. The van der Waals surface area contributed by atoms with Crippen molar-refractivity contribution in [2.45, 2.75) is 6.92 Å². The molecule has 0 saturated carbocycles. The summed E-state index contributed by atoms with van der Waals surface area (Å²) in [4.78, 5) is 23.3. The minimum absolute atomic E-state index is 0.206. The van der Waals surface area contributed by atoms with E-state index in [-0.39, 0.29) is 5.88 Å². The predicted molar refractivity (Wildman–Crippen MR) is 73.1 cm³/mol. The fraction of sp³-hybridized carbons (Fsp3) is 0.214. The molecule has 2 aromatic rings. The van der Waals surface area contributed by atoms with Gasteiger partial charge in [-0.05, 0) is 31.2 Å². The fourth-order valence-corrected chi connectivity index (χ4v) is 1.54. The van der Waals surface area contributed by atoms with Gasteiger partial charge in [-0.1, -0.05) is 5.16 Å². The number of ether oxygens (including phenoxy) is 2. The summed E-state index contributed by atoms with van der Waals surface area (Å²) in [5, 5.41) is 6.04. The Morgan fingerprint density at radius 3 is 2.57 bits per heavy atom. The molecular weight excluding hydrogens is 276 g/mol. The van der Waals surface area contributed by atoms with E-state index >= 15 is 0 Å². The van der Waals surface area contributed by atoms with Gasteiger partial charge in [-0.3, -0.25) is 10.1 Å². The lowest BCUT2D eigenvalue weighted by Crippen LogP contribution is -2.20. The van der Waals surface area contributed by atoms with Crippen LogP contribution in [0.25, 0.3) is 0 Å². The average Bonchev–Trinajstić information content (AvgIpc) is 2.90. The third-order valence-electron chi connectivity index (χ3n) is 2.55. The molecule has 0 atom stereocenters. The highest BCUT2D eigenvalue weighted by atomic mass is 16.5. The first-order valence-electron chi connectivity index (χ1n) is 6.13. The average molecular weight is 290 g/mol. The molecule has 0 unspecified atom stereocenters. The second-order valence-corrected chi connectivity index (χ2v) is 4.19. The van der Waals surface area contributed by atoms with E-state index in [0.29, 0.717) is 17.0 Å². The van der Waals surface area contributed by atoms with Crippen molar-refractivity contribution in [3.05, 3.63) is 41.6 Å². The van der Waals surface area contributed by atoms with E-state index in [9.17, 15) is 9.59 Å². The molecule has 0 radical (unpaired) electrons. The van der Waals surface area contributed by atoms with Crippen LogP contribution in [0.1, 0.15) is 16.1 Å². The van der Waals surface area contributed by atoms with Gasteiger partial charge in [0.05, 0.1) is 18.4 Å². The van der Waals surface area contributed by atoms with Crippen LogP contribution in [0.2, 0.25) is 0 Å². The second kappa shape index (κ2) is 6.56. The van der Waals surface area contributed by atoms with Crippen molar-refractivity contribution in [2.75, 3.05) is 19.0 Å². The van der Waals surface area contributed by atoms with Gasteiger partial charge >= 0.3 is 5.97 Å². The number of benzene rings is 1. The largest absolute Gasteiger partial charge is 0.497 e. The first-order valence-corrected chi connectivity index (χ1v) is 6.13. The number of aryl methyl sites for hydroxylation is 1. The molecule has 1 amide bonds. The molecule has 0 aliphatic rings. The van der Waals surface area contributed by atoms with Gasteiger partial charge < -0.3 is 14.0 Å². The van der Waals surface area contributed by atoms with Crippen LogP contribution in [-0.2, 0) is 9.53 Å². The molecule has 2 rings (SSSR count). The molecular formula is C14H14N2O5. The molecule has 1 heterocycles. The van der Waals surface area contributed by atoms with Gasteiger partial charge in [0.15, 0.2) is 6.61 Å². The summed E-state index contributed by atoms with van der Waals surface area (Å²) in [5.41, 5.74) is 0.972. The lowest BCUT2D eigenvalue weighted by Gasteiger charge is -2.05. The van der Waals surface area contributed by atoms with Crippen molar-refractivity contribution < 1.29 is 23.6 Å². The van der Waals surface area contributed by atoms with Crippen LogP contribution < -0.4 is 10.1 Å². The van der Waals surface area contributed by atoms with Crippen molar-refractivity contribution in [3.63, 3.8) is 0 Å². The zero-order chi connectivity index (χ0) is 15.2. The van der Waals surface area contributed by atoms with Gasteiger partial charge in [0, 0.05) is 6.07 Å². The third kappa shape index (κ3) is 4.07. The number of nitrogens with zero attached hydrogens (tertiary/aromatic N) is 1. The molecule has 0 bridgehead atoms. The van der Waals surface area contributed by atoms with E-state index in [2.05, 4.69) is 10.5 Å². The van der Waals surface area contributed by atoms with Gasteiger partial charge in [0.25, 0.3) is 5.91 Å². The zero-order valence-electron chi connectivity index (χ0n) is 11.6. The summed E-state index contributed by atoms with van der Waals surface area (Å²) < 4.78 is 14.7. The maximum Gasteiger partial charge on any atom is 0.338 e. The Labute approximate surface area is 120 Å². The Hall–Kier alpha value is -2.83. The molecule has 7 heteroatoms. The maximum atomic E-state index is 11.7. The van der Waals surface area contributed by atoms with Crippen molar-refractivity contribution in [1.29, 1.82) is 0 Å². The molecule has 110 valence electrons. The third-order valence-corrected chi connectivity index (χ3v) is 2.55. The van der Waals surface area contributed by atoms with Crippen LogP contribution in [0.3, 0.4) is 0 Å². The fourth-order valence-electron chi connectivity index (χ4n) is 1.54. The number of rotatable bonds is 5. The van der Waals surface area contributed by atoms with E-state index in [1.807, 2.05) is 0 Å². The predicted octanol–water partition coefficient (Wildman–Crippen LogP) is 1.79. The Balaban J connectivity index is 1.83. The molecule has 0 aliphatic carbocycles. The van der Waals surface area contributed by atoms with Crippen molar-refractivity contribution in [1.82, 2.24) is 5.16 Å². The number of carbonyl (C=O) groups is 2. The maximum absolute atomic E-state index is 11.7. The number of nitrogens with one attached hydrogen (secondary N) is 1. The lowest BCUT2D eigenvalue weighted by atomic mass is 10.2. The van der Waals surface area contributed by atoms with Gasteiger partial charge in [0.2, 0.25) is 5.88 Å². The number of hydrogen-bond donors (Lipinski definition) is 1. The molecule has 1 aromatic heterocycles. The van der Waals surface area contributed by atoms with Crippen molar-refractivity contribution >= 4 is 17.8 Å². The van der Waals surface area contributed by atoms with Crippen molar-refractivity contribution in [3.8, 4) is 5.75 Å². The van der Waals surface area contributed by atoms with Crippen LogP contribution >= 0.6 is 0 Å². The Kier molecular flexibility index (Phi) is 4.55. The smallest absolute Gasteiger partial charge is 0.338 e. The number of anilines is 1. The molecule has 1 N–H and O–H groups in total.